The number of hydrogen-bond acceptors (Lipinski definition) is 4. The van der Waals surface area contributed by atoms with E-state index >= 15 is 0 Å². The predicted molar refractivity (Wildman–Crippen MR) is 106 cm³/mol. The van der Waals surface area contributed by atoms with E-state index in [0.29, 0.717) is 42.9 Å². The smallest absolute Gasteiger partial charge is 0.368 e. The molecule has 6 nitrogen and oxygen atoms in total. The maximum atomic E-state index is 12.9. The fourth-order valence-corrected chi connectivity index (χ4v) is 3.61. The second-order valence-corrected chi connectivity index (χ2v) is 7.09. The molecule has 0 aliphatic carbocycles. The van der Waals surface area contributed by atoms with Crippen molar-refractivity contribution in [3.8, 4) is 0 Å². The Hall–Kier alpha value is -3.36. The number of carbonyl (C=O) groups excluding carboxylic acids is 1. The third kappa shape index (κ3) is 4.00. The number of benzene rings is 2. The van der Waals surface area contributed by atoms with Crippen LogP contribution in [0.1, 0.15) is 5.56 Å². The molecule has 0 spiro atoms. The number of para-hydroxylation sites is 2. The molecule has 4 rings (SSSR count). The van der Waals surface area contributed by atoms with Crippen LogP contribution in [0, 0.1) is 0 Å². The van der Waals surface area contributed by atoms with Crippen LogP contribution in [0.4, 0.5) is 18.9 Å². The van der Waals surface area contributed by atoms with E-state index < -0.39 is 11.7 Å². The molecule has 1 aliphatic rings. The van der Waals surface area contributed by atoms with Gasteiger partial charge in [-0.1, -0.05) is 18.2 Å². The fourth-order valence-electron chi connectivity index (χ4n) is 3.61. The number of carbonyl (C=O) groups is 1. The van der Waals surface area contributed by atoms with Gasteiger partial charge in [0.25, 0.3) is 5.56 Å². The second-order valence-electron chi connectivity index (χ2n) is 7.09. The van der Waals surface area contributed by atoms with Gasteiger partial charge in [-0.25, -0.2) is 4.98 Å². The van der Waals surface area contributed by atoms with Crippen molar-refractivity contribution in [2.24, 2.45) is 0 Å². The lowest BCUT2D eigenvalue weighted by Gasteiger charge is -2.36. The number of nitrogens with zero attached hydrogens (tertiary/aromatic N) is 4. The van der Waals surface area contributed by atoms with Crippen molar-refractivity contribution in [3.63, 3.8) is 0 Å². The van der Waals surface area contributed by atoms with Gasteiger partial charge in [0, 0.05) is 31.9 Å². The molecule has 0 bridgehead atoms. The van der Waals surface area contributed by atoms with Crippen LogP contribution in [0.5, 0.6) is 0 Å². The van der Waals surface area contributed by atoms with Gasteiger partial charge in [-0.3, -0.25) is 14.2 Å². The third-order valence-electron chi connectivity index (χ3n) is 5.22. The quantitative estimate of drug-likeness (QED) is 0.659. The summed E-state index contributed by atoms with van der Waals surface area (Å²) < 4.78 is 40.2. The lowest BCUT2D eigenvalue weighted by Crippen LogP contribution is -2.50. The van der Waals surface area contributed by atoms with Crippen molar-refractivity contribution in [1.82, 2.24) is 14.5 Å². The summed E-state index contributed by atoms with van der Waals surface area (Å²) >= 11 is 0. The monoisotopic (exact) mass is 416 g/mol. The Morgan fingerprint density at radius 3 is 2.47 bits per heavy atom. The Morgan fingerprint density at radius 2 is 1.73 bits per heavy atom. The van der Waals surface area contributed by atoms with Gasteiger partial charge in [0.05, 0.1) is 22.8 Å². The van der Waals surface area contributed by atoms with E-state index in [9.17, 15) is 22.8 Å². The number of anilines is 1. The van der Waals surface area contributed by atoms with Crippen LogP contribution in [-0.2, 0) is 17.5 Å². The molecular formula is C21H19F3N4O2. The van der Waals surface area contributed by atoms with Crippen molar-refractivity contribution in [2.45, 2.75) is 12.7 Å². The summed E-state index contributed by atoms with van der Waals surface area (Å²) in [5.41, 5.74) is 0.639. The van der Waals surface area contributed by atoms with E-state index in [4.69, 9.17) is 0 Å². The highest BCUT2D eigenvalue weighted by atomic mass is 19.4. The molecule has 3 aromatic rings. The molecule has 156 valence electrons. The number of alkyl halides is 3. The van der Waals surface area contributed by atoms with Gasteiger partial charge >= 0.3 is 6.18 Å². The molecule has 1 aromatic heterocycles. The molecule has 2 aromatic carbocycles. The van der Waals surface area contributed by atoms with E-state index in [1.165, 1.54) is 16.8 Å². The number of hydrogen-bond donors (Lipinski definition) is 0. The average Bonchev–Trinajstić information content (AvgIpc) is 2.75. The minimum absolute atomic E-state index is 0.106. The lowest BCUT2D eigenvalue weighted by atomic mass is 10.1. The number of halogens is 3. The SMILES string of the molecule is O=C(Cn1c(=O)cnc2ccccc21)N1CCN(c2cccc(C(F)(F)F)c2)CC1. The van der Waals surface area contributed by atoms with Crippen LogP contribution in [0.2, 0.25) is 0 Å². The number of piperazine rings is 1. The van der Waals surface area contributed by atoms with Crippen molar-refractivity contribution >= 4 is 22.6 Å². The zero-order chi connectivity index (χ0) is 21.3. The molecule has 0 saturated carbocycles. The molecule has 9 heteroatoms. The molecule has 1 saturated heterocycles. The normalized spacial score (nSPS) is 14.9. The van der Waals surface area contributed by atoms with Crippen LogP contribution in [0.15, 0.2) is 59.5 Å². The topological polar surface area (TPSA) is 58.4 Å². The summed E-state index contributed by atoms with van der Waals surface area (Å²) in [5, 5.41) is 0. The Kier molecular flexibility index (Phi) is 5.19. The van der Waals surface area contributed by atoms with E-state index in [2.05, 4.69) is 4.98 Å². The number of amides is 1. The van der Waals surface area contributed by atoms with Gasteiger partial charge in [0.2, 0.25) is 5.91 Å². The number of aromatic nitrogens is 2. The van der Waals surface area contributed by atoms with Crippen LogP contribution in [0.3, 0.4) is 0 Å². The minimum atomic E-state index is -4.39. The Labute approximate surface area is 170 Å². The molecule has 0 atom stereocenters. The Bertz CT molecular complexity index is 1130. The molecule has 2 heterocycles. The molecule has 1 aliphatic heterocycles. The summed E-state index contributed by atoms with van der Waals surface area (Å²) in [5.74, 6) is -0.211. The average molecular weight is 416 g/mol. The Balaban J connectivity index is 1.45. The summed E-state index contributed by atoms with van der Waals surface area (Å²) in [6.07, 6.45) is -3.20. The van der Waals surface area contributed by atoms with E-state index in [-0.39, 0.29) is 18.0 Å². The standard InChI is InChI=1S/C21H19F3N4O2/c22-21(23,24)15-4-3-5-16(12-15)26-8-10-27(11-9-26)20(30)14-28-18-7-2-1-6-17(18)25-13-19(28)29/h1-7,12-13H,8-11,14H2. The maximum absolute atomic E-state index is 12.9. The predicted octanol–water partition coefficient (Wildman–Crippen LogP) is 2.76. The van der Waals surface area contributed by atoms with Gasteiger partial charge in [-0.05, 0) is 30.3 Å². The molecule has 1 fully saturated rings. The van der Waals surface area contributed by atoms with Crippen molar-refractivity contribution in [3.05, 3.63) is 70.6 Å². The fraction of sp³-hybridized carbons (Fsp3) is 0.286. The Morgan fingerprint density at radius 1 is 1.00 bits per heavy atom. The van der Waals surface area contributed by atoms with E-state index in [1.54, 1.807) is 35.2 Å². The number of fused-ring (bicyclic) bond motifs is 1. The maximum Gasteiger partial charge on any atom is 0.416 e. The highest BCUT2D eigenvalue weighted by Crippen LogP contribution is 2.31. The highest BCUT2D eigenvalue weighted by Gasteiger charge is 2.31. The third-order valence-corrected chi connectivity index (χ3v) is 5.22. The van der Waals surface area contributed by atoms with Gasteiger partial charge in [0.1, 0.15) is 6.54 Å². The van der Waals surface area contributed by atoms with E-state index in [0.717, 1.165) is 12.1 Å². The van der Waals surface area contributed by atoms with Crippen LogP contribution in [-0.4, -0.2) is 46.5 Å². The molecule has 0 unspecified atom stereocenters. The molecule has 0 radical (unpaired) electrons. The minimum Gasteiger partial charge on any atom is -0.368 e. The molecule has 30 heavy (non-hydrogen) atoms. The first-order valence-electron chi connectivity index (χ1n) is 9.47. The highest BCUT2D eigenvalue weighted by molar-refractivity contribution is 5.80. The zero-order valence-corrected chi connectivity index (χ0v) is 16.0. The largest absolute Gasteiger partial charge is 0.416 e. The zero-order valence-electron chi connectivity index (χ0n) is 16.0. The van der Waals surface area contributed by atoms with Crippen LogP contribution >= 0.6 is 0 Å². The molecular weight excluding hydrogens is 397 g/mol. The summed E-state index contributed by atoms with van der Waals surface area (Å²) in [6.45, 7) is 1.46. The first kappa shape index (κ1) is 19.9. The van der Waals surface area contributed by atoms with Crippen molar-refractivity contribution in [2.75, 3.05) is 31.1 Å². The lowest BCUT2D eigenvalue weighted by molar-refractivity contribution is -0.137. The van der Waals surface area contributed by atoms with Crippen molar-refractivity contribution in [1.29, 1.82) is 0 Å². The summed E-state index contributed by atoms with van der Waals surface area (Å²) in [4.78, 5) is 32.5. The van der Waals surface area contributed by atoms with Crippen LogP contribution in [0.25, 0.3) is 11.0 Å². The van der Waals surface area contributed by atoms with Gasteiger partial charge in [0.15, 0.2) is 0 Å². The second kappa shape index (κ2) is 7.81. The van der Waals surface area contributed by atoms with Gasteiger partial charge < -0.3 is 9.80 Å². The summed E-state index contributed by atoms with van der Waals surface area (Å²) in [6, 6.07) is 12.3. The number of rotatable bonds is 3. The van der Waals surface area contributed by atoms with Crippen molar-refractivity contribution < 1.29 is 18.0 Å². The van der Waals surface area contributed by atoms with Crippen LogP contribution < -0.4 is 10.5 Å². The molecule has 0 N–H and O–H groups in total. The first-order valence-corrected chi connectivity index (χ1v) is 9.47. The molecule has 1 amide bonds. The van der Waals surface area contributed by atoms with Gasteiger partial charge in [-0.2, -0.15) is 13.2 Å². The van der Waals surface area contributed by atoms with Gasteiger partial charge in [-0.15, -0.1) is 0 Å². The first-order chi connectivity index (χ1) is 14.3. The summed E-state index contributed by atoms with van der Waals surface area (Å²) in [7, 11) is 0. The van der Waals surface area contributed by atoms with E-state index in [1.807, 2.05) is 4.90 Å².